The molecule has 0 aliphatic carbocycles. The van der Waals surface area contributed by atoms with E-state index < -0.39 is 0 Å². The van der Waals surface area contributed by atoms with E-state index in [1.807, 2.05) is 29.0 Å². The lowest BCUT2D eigenvalue weighted by Gasteiger charge is -2.04. The second-order valence-corrected chi connectivity index (χ2v) is 3.41. The Hall–Kier alpha value is -1.84. The molecule has 2 aromatic rings. The highest BCUT2D eigenvalue weighted by molar-refractivity contribution is 5.75. The Bertz CT molecular complexity index is 475. The Morgan fingerprint density at radius 1 is 1.53 bits per heavy atom. The zero-order chi connectivity index (χ0) is 10.7. The fourth-order valence-corrected chi connectivity index (χ4v) is 1.55. The van der Waals surface area contributed by atoms with Gasteiger partial charge in [0.1, 0.15) is 5.65 Å². The van der Waals surface area contributed by atoms with Crippen LogP contribution in [0.2, 0.25) is 0 Å². The number of amides is 1. The SMILES string of the molecule is CC(=O)NCCn1ccc2cccnc21. The molecule has 0 aliphatic rings. The fraction of sp³-hybridized carbons (Fsp3) is 0.273. The van der Waals surface area contributed by atoms with Crippen LogP contribution in [0.25, 0.3) is 11.0 Å². The second kappa shape index (κ2) is 4.13. The first kappa shape index (κ1) is 9.71. The fourth-order valence-electron chi connectivity index (χ4n) is 1.55. The summed E-state index contributed by atoms with van der Waals surface area (Å²) < 4.78 is 2.03. The van der Waals surface area contributed by atoms with E-state index in [0.29, 0.717) is 6.54 Å². The zero-order valence-electron chi connectivity index (χ0n) is 8.60. The van der Waals surface area contributed by atoms with Gasteiger partial charge < -0.3 is 9.88 Å². The normalized spacial score (nSPS) is 10.5. The lowest BCUT2D eigenvalue weighted by Crippen LogP contribution is -2.24. The summed E-state index contributed by atoms with van der Waals surface area (Å²) in [7, 11) is 0. The van der Waals surface area contributed by atoms with Gasteiger partial charge in [-0.15, -0.1) is 0 Å². The summed E-state index contributed by atoms with van der Waals surface area (Å²) in [6.07, 6.45) is 3.76. The Kier molecular flexibility index (Phi) is 2.67. The van der Waals surface area contributed by atoms with E-state index in [-0.39, 0.29) is 5.91 Å². The maximum absolute atomic E-state index is 10.7. The third-order valence-electron chi connectivity index (χ3n) is 2.25. The number of hydrogen-bond donors (Lipinski definition) is 1. The third-order valence-corrected chi connectivity index (χ3v) is 2.25. The van der Waals surface area contributed by atoms with E-state index in [9.17, 15) is 4.79 Å². The van der Waals surface area contributed by atoms with Crippen LogP contribution < -0.4 is 5.32 Å². The minimum absolute atomic E-state index is 0.000536. The highest BCUT2D eigenvalue weighted by Crippen LogP contribution is 2.11. The predicted molar refractivity (Wildman–Crippen MR) is 58.4 cm³/mol. The van der Waals surface area contributed by atoms with Gasteiger partial charge in [0.2, 0.25) is 5.91 Å². The number of nitrogens with zero attached hydrogens (tertiary/aromatic N) is 2. The highest BCUT2D eigenvalue weighted by atomic mass is 16.1. The summed E-state index contributed by atoms with van der Waals surface area (Å²) in [6.45, 7) is 2.90. The third kappa shape index (κ3) is 2.15. The van der Waals surface area contributed by atoms with Gasteiger partial charge in [0.25, 0.3) is 0 Å². The van der Waals surface area contributed by atoms with Gasteiger partial charge in [-0.3, -0.25) is 4.79 Å². The van der Waals surface area contributed by atoms with Crippen LogP contribution in [0.1, 0.15) is 6.92 Å². The van der Waals surface area contributed by atoms with Gasteiger partial charge in [0.15, 0.2) is 0 Å². The summed E-state index contributed by atoms with van der Waals surface area (Å²) in [4.78, 5) is 15.0. The predicted octanol–water partition coefficient (Wildman–Crippen LogP) is 1.17. The summed E-state index contributed by atoms with van der Waals surface area (Å²) in [5.74, 6) is -0.000536. The second-order valence-electron chi connectivity index (χ2n) is 3.41. The topological polar surface area (TPSA) is 46.9 Å². The van der Waals surface area contributed by atoms with Gasteiger partial charge in [0.05, 0.1) is 0 Å². The molecular weight excluding hydrogens is 190 g/mol. The molecule has 15 heavy (non-hydrogen) atoms. The Balaban J connectivity index is 2.11. The molecule has 0 radical (unpaired) electrons. The molecule has 0 aliphatic heterocycles. The maximum Gasteiger partial charge on any atom is 0.216 e. The average Bonchev–Trinajstić information content (AvgIpc) is 2.62. The molecule has 0 bridgehead atoms. The molecule has 78 valence electrons. The first-order chi connectivity index (χ1) is 7.27. The molecular formula is C11H13N3O. The number of hydrogen-bond acceptors (Lipinski definition) is 2. The van der Waals surface area contributed by atoms with E-state index in [2.05, 4.69) is 10.3 Å². The summed E-state index contributed by atoms with van der Waals surface area (Å²) >= 11 is 0. The average molecular weight is 203 g/mol. The van der Waals surface area contributed by atoms with E-state index in [4.69, 9.17) is 0 Å². The molecule has 2 rings (SSSR count). The van der Waals surface area contributed by atoms with E-state index >= 15 is 0 Å². The molecule has 1 amide bonds. The van der Waals surface area contributed by atoms with Crippen LogP contribution >= 0.6 is 0 Å². The van der Waals surface area contributed by atoms with Gasteiger partial charge in [-0.05, 0) is 18.2 Å². The molecule has 4 nitrogen and oxygen atoms in total. The minimum atomic E-state index is -0.000536. The monoisotopic (exact) mass is 203 g/mol. The van der Waals surface area contributed by atoms with Crippen LogP contribution in [0.3, 0.4) is 0 Å². The van der Waals surface area contributed by atoms with E-state index in [1.165, 1.54) is 6.92 Å². The van der Waals surface area contributed by atoms with Crippen LogP contribution in [-0.4, -0.2) is 22.0 Å². The van der Waals surface area contributed by atoms with Crippen molar-refractivity contribution in [2.24, 2.45) is 0 Å². The minimum Gasteiger partial charge on any atom is -0.355 e. The van der Waals surface area contributed by atoms with Crippen LogP contribution in [0.15, 0.2) is 30.6 Å². The summed E-state index contributed by atoms with van der Waals surface area (Å²) in [5.41, 5.74) is 0.961. The van der Waals surface area contributed by atoms with E-state index in [1.54, 1.807) is 6.20 Å². The molecule has 2 heterocycles. The largest absolute Gasteiger partial charge is 0.355 e. The molecule has 0 unspecified atom stereocenters. The zero-order valence-corrected chi connectivity index (χ0v) is 8.60. The van der Waals surface area contributed by atoms with Crippen molar-refractivity contribution in [1.29, 1.82) is 0 Å². The number of aromatic nitrogens is 2. The standard InChI is InChI=1S/C11H13N3O/c1-9(15)12-6-8-14-7-4-10-3-2-5-13-11(10)14/h2-5,7H,6,8H2,1H3,(H,12,15). The van der Waals surface area contributed by atoms with Gasteiger partial charge >= 0.3 is 0 Å². The van der Waals surface area contributed by atoms with Crippen molar-refractivity contribution in [1.82, 2.24) is 14.9 Å². The molecule has 0 atom stereocenters. The molecule has 0 fully saturated rings. The lowest BCUT2D eigenvalue weighted by molar-refractivity contribution is -0.118. The number of carbonyl (C=O) groups excluding carboxylic acids is 1. The van der Waals surface area contributed by atoms with Crippen molar-refractivity contribution >= 4 is 16.9 Å². The Labute approximate surface area is 87.9 Å². The Morgan fingerprint density at radius 2 is 2.40 bits per heavy atom. The summed E-state index contributed by atoms with van der Waals surface area (Å²) in [5, 5.41) is 3.89. The van der Waals surface area contributed by atoms with Crippen molar-refractivity contribution in [3.05, 3.63) is 30.6 Å². The molecule has 0 saturated heterocycles. The van der Waals surface area contributed by atoms with Crippen LogP contribution in [0.4, 0.5) is 0 Å². The molecule has 4 heteroatoms. The molecule has 2 aromatic heterocycles. The Morgan fingerprint density at radius 3 is 3.20 bits per heavy atom. The number of carbonyl (C=O) groups is 1. The van der Waals surface area contributed by atoms with Crippen LogP contribution in [0, 0.1) is 0 Å². The van der Waals surface area contributed by atoms with Gasteiger partial charge in [-0.25, -0.2) is 4.98 Å². The molecule has 1 N–H and O–H groups in total. The molecule has 0 spiro atoms. The van der Waals surface area contributed by atoms with Crippen molar-refractivity contribution in [2.45, 2.75) is 13.5 Å². The van der Waals surface area contributed by atoms with Gasteiger partial charge in [-0.1, -0.05) is 0 Å². The number of nitrogens with one attached hydrogen (secondary N) is 1. The van der Waals surface area contributed by atoms with Crippen molar-refractivity contribution in [2.75, 3.05) is 6.54 Å². The van der Waals surface area contributed by atoms with Gasteiger partial charge in [-0.2, -0.15) is 0 Å². The highest BCUT2D eigenvalue weighted by Gasteiger charge is 2.00. The van der Waals surface area contributed by atoms with Gasteiger partial charge in [0, 0.05) is 37.8 Å². The van der Waals surface area contributed by atoms with E-state index in [0.717, 1.165) is 17.6 Å². The summed E-state index contributed by atoms with van der Waals surface area (Å²) in [6, 6.07) is 5.97. The quantitative estimate of drug-likeness (QED) is 0.814. The van der Waals surface area contributed by atoms with Crippen LogP contribution in [-0.2, 0) is 11.3 Å². The first-order valence-electron chi connectivity index (χ1n) is 4.91. The van der Waals surface area contributed by atoms with Crippen LogP contribution in [0.5, 0.6) is 0 Å². The number of fused-ring (bicyclic) bond motifs is 1. The van der Waals surface area contributed by atoms with Crippen molar-refractivity contribution in [3.8, 4) is 0 Å². The smallest absolute Gasteiger partial charge is 0.216 e. The van der Waals surface area contributed by atoms with Crippen molar-refractivity contribution < 1.29 is 4.79 Å². The number of pyridine rings is 1. The first-order valence-corrected chi connectivity index (χ1v) is 4.91. The molecule has 0 aromatic carbocycles. The number of rotatable bonds is 3. The lowest BCUT2D eigenvalue weighted by atomic mass is 10.3. The molecule has 0 saturated carbocycles. The van der Waals surface area contributed by atoms with Crippen molar-refractivity contribution in [3.63, 3.8) is 0 Å². The maximum atomic E-state index is 10.7.